The average molecular weight is 527 g/mol. The highest BCUT2D eigenvalue weighted by Crippen LogP contribution is 2.41. The summed E-state index contributed by atoms with van der Waals surface area (Å²) in [6.07, 6.45) is 2.59. The largest absolute Gasteiger partial charge is 0.493 e. The molecule has 3 aliphatic rings. The summed E-state index contributed by atoms with van der Waals surface area (Å²) in [5.74, 6) is 1.02. The number of carbonyl (C=O) groups excluding carboxylic acids is 1. The van der Waals surface area contributed by atoms with E-state index in [4.69, 9.17) is 18.9 Å². The van der Waals surface area contributed by atoms with Crippen LogP contribution in [-0.2, 0) is 27.2 Å². The maximum atomic E-state index is 13.6. The van der Waals surface area contributed by atoms with Crippen LogP contribution in [0.2, 0.25) is 0 Å². The number of ether oxygens (including phenoxy) is 4. The number of piperidine rings is 1. The van der Waals surface area contributed by atoms with E-state index in [2.05, 4.69) is 18.7 Å². The average Bonchev–Trinajstić information content (AvgIpc) is 3.52. The zero-order chi connectivity index (χ0) is 26.5. The second-order valence-corrected chi connectivity index (χ2v) is 11.1. The molecule has 0 aliphatic carbocycles. The van der Waals surface area contributed by atoms with Gasteiger partial charge in [0.1, 0.15) is 17.2 Å². The first-order valence-corrected chi connectivity index (χ1v) is 13.8. The lowest BCUT2D eigenvalue weighted by Crippen LogP contribution is -2.53. The summed E-state index contributed by atoms with van der Waals surface area (Å²) in [5, 5.41) is 0. The topological polar surface area (TPSA) is 60.5 Å². The van der Waals surface area contributed by atoms with Crippen molar-refractivity contribution in [2.45, 2.75) is 64.0 Å². The first kappa shape index (κ1) is 26.9. The van der Waals surface area contributed by atoms with E-state index in [0.29, 0.717) is 38.7 Å². The molecule has 3 fully saturated rings. The van der Waals surface area contributed by atoms with E-state index < -0.39 is 5.60 Å². The van der Waals surface area contributed by atoms with Gasteiger partial charge in [0.15, 0.2) is 6.29 Å². The van der Waals surface area contributed by atoms with Crippen molar-refractivity contribution < 1.29 is 28.1 Å². The number of rotatable bonds is 10. The van der Waals surface area contributed by atoms with Gasteiger partial charge in [-0.05, 0) is 47.7 Å². The smallest absolute Gasteiger partial charge is 0.411 e. The van der Waals surface area contributed by atoms with Gasteiger partial charge < -0.3 is 23.8 Å². The Hall–Kier alpha value is -2.68. The third-order valence-corrected chi connectivity index (χ3v) is 7.78. The molecule has 0 aromatic heterocycles. The maximum absolute atomic E-state index is 13.6. The summed E-state index contributed by atoms with van der Waals surface area (Å²) in [5.41, 5.74) is 1.45. The van der Waals surface area contributed by atoms with Gasteiger partial charge in [0.25, 0.3) is 0 Å². The van der Waals surface area contributed by atoms with Gasteiger partial charge in [-0.15, -0.1) is 0 Å². The number of amides is 1. The van der Waals surface area contributed by atoms with Gasteiger partial charge in [0.2, 0.25) is 0 Å². The molecule has 1 amide bonds. The lowest BCUT2D eigenvalue weighted by Gasteiger charge is -2.42. The van der Waals surface area contributed by atoms with Crippen LogP contribution in [-0.4, -0.2) is 73.3 Å². The molecule has 8 heteroatoms. The van der Waals surface area contributed by atoms with Crippen LogP contribution in [0.15, 0.2) is 48.5 Å². The zero-order valence-corrected chi connectivity index (χ0v) is 22.4. The molecule has 5 rings (SSSR count). The Bertz CT molecular complexity index is 1050. The Morgan fingerprint density at radius 2 is 1.66 bits per heavy atom. The van der Waals surface area contributed by atoms with E-state index >= 15 is 0 Å². The Labute approximate surface area is 224 Å². The number of carbonyl (C=O) groups is 1. The van der Waals surface area contributed by atoms with Gasteiger partial charge in [-0.25, -0.2) is 9.18 Å². The Morgan fingerprint density at radius 3 is 2.32 bits per heavy atom. The van der Waals surface area contributed by atoms with Crippen LogP contribution in [0.1, 0.15) is 44.2 Å². The number of halogens is 1. The monoisotopic (exact) mass is 526 g/mol. The number of nitrogens with zero attached hydrogens (tertiary/aromatic N) is 2. The minimum Gasteiger partial charge on any atom is -0.493 e. The fraction of sp³-hybridized carbons (Fsp3) is 0.567. The lowest BCUT2D eigenvalue weighted by atomic mass is 9.81. The molecule has 1 unspecified atom stereocenters. The van der Waals surface area contributed by atoms with Gasteiger partial charge in [-0.3, -0.25) is 4.90 Å². The molecule has 206 valence electrons. The van der Waals surface area contributed by atoms with Crippen molar-refractivity contribution in [3.63, 3.8) is 0 Å². The maximum Gasteiger partial charge on any atom is 0.411 e. The molecular formula is C30H39FN2O5. The van der Waals surface area contributed by atoms with Crippen LogP contribution in [0.5, 0.6) is 5.75 Å². The summed E-state index contributed by atoms with van der Waals surface area (Å²) in [6.45, 7) is 9.27. The van der Waals surface area contributed by atoms with Crippen LogP contribution in [0.25, 0.3) is 0 Å². The van der Waals surface area contributed by atoms with Crippen molar-refractivity contribution in [1.82, 2.24) is 9.80 Å². The van der Waals surface area contributed by atoms with Gasteiger partial charge in [-0.1, -0.05) is 38.1 Å². The SMILES string of the molecule is CC(C)COc1ccc(CN2C(=O)OC3(CCN(CCC4OCCO4)CC3)C2Cc2ccc(F)cc2)cc1. The van der Waals surface area contributed by atoms with E-state index in [0.717, 1.165) is 55.8 Å². The van der Waals surface area contributed by atoms with Crippen LogP contribution < -0.4 is 4.74 Å². The van der Waals surface area contributed by atoms with Gasteiger partial charge >= 0.3 is 6.09 Å². The predicted molar refractivity (Wildman–Crippen MR) is 141 cm³/mol. The lowest BCUT2D eigenvalue weighted by molar-refractivity contribution is -0.0601. The van der Waals surface area contributed by atoms with Crippen LogP contribution in [0.4, 0.5) is 9.18 Å². The van der Waals surface area contributed by atoms with Gasteiger partial charge in [0, 0.05) is 45.4 Å². The van der Waals surface area contributed by atoms with Crippen molar-refractivity contribution in [2.24, 2.45) is 5.92 Å². The summed E-state index contributed by atoms with van der Waals surface area (Å²) >= 11 is 0. The van der Waals surface area contributed by atoms with E-state index in [1.165, 1.54) is 12.1 Å². The molecule has 1 atom stereocenters. The molecule has 3 aliphatic heterocycles. The molecule has 0 N–H and O–H groups in total. The Balaban J connectivity index is 1.28. The molecule has 3 heterocycles. The van der Waals surface area contributed by atoms with Crippen LogP contribution >= 0.6 is 0 Å². The summed E-state index contributed by atoms with van der Waals surface area (Å²) in [7, 11) is 0. The number of hydrogen-bond donors (Lipinski definition) is 0. The zero-order valence-electron chi connectivity index (χ0n) is 22.4. The molecule has 1 spiro atoms. The first-order valence-electron chi connectivity index (χ1n) is 13.8. The molecule has 0 radical (unpaired) electrons. The molecule has 2 aromatic rings. The van der Waals surface area contributed by atoms with Crippen molar-refractivity contribution in [3.05, 3.63) is 65.5 Å². The van der Waals surface area contributed by atoms with E-state index in [9.17, 15) is 9.18 Å². The van der Waals surface area contributed by atoms with Crippen molar-refractivity contribution in [1.29, 1.82) is 0 Å². The number of benzene rings is 2. The van der Waals surface area contributed by atoms with Gasteiger partial charge in [-0.2, -0.15) is 0 Å². The number of hydrogen-bond acceptors (Lipinski definition) is 6. The van der Waals surface area contributed by atoms with E-state index in [1.54, 1.807) is 0 Å². The molecule has 7 nitrogen and oxygen atoms in total. The second-order valence-electron chi connectivity index (χ2n) is 11.1. The molecule has 3 saturated heterocycles. The fourth-order valence-electron chi connectivity index (χ4n) is 5.63. The quantitative estimate of drug-likeness (QED) is 0.433. The highest BCUT2D eigenvalue weighted by atomic mass is 19.1. The molecular weight excluding hydrogens is 487 g/mol. The van der Waals surface area contributed by atoms with Crippen molar-refractivity contribution in [2.75, 3.05) is 39.5 Å². The summed E-state index contributed by atoms with van der Waals surface area (Å²) < 4.78 is 36.8. The second kappa shape index (κ2) is 12.0. The minimum atomic E-state index is -0.567. The highest BCUT2D eigenvalue weighted by Gasteiger charge is 2.54. The highest BCUT2D eigenvalue weighted by molar-refractivity contribution is 5.72. The summed E-state index contributed by atoms with van der Waals surface area (Å²) in [4.78, 5) is 17.6. The fourth-order valence-corrected chi connectivity index (χ4v) is 5.63. The van der Waals surface area contributed by atoms with Crippen LogP contribution in [0, 0.1) is 11.7 Å². The summed E-state index contributed by atoms with van der Waals surface area (Å²) in [6, 6.07) is 14.4. The van der Waals surface area contributed by atoms with Crippen molar-refractivity contribution >= 4 is 6.09 Å². The Morgan fingerprint density at radius 1 is 1.00 bits per heavy atom. The normalized spacial score (nSPS) is 21.9. The van der Waals surface area contributed by atoms with Crippen LogP contribution in [0.3, 0.4) is 0 Å². The van der Waals surface area contributed by atoms with Gasteiger partial charge in [0.05, 0.1) is 25.9 Å². The minimum absolute atomic E-state index is 0.112. The van der Waals surface area contributed by atoms with E-state index in [1.807, 2.05) is 41.3 Å². The third kappa shape index (κ3) is 6.47. The molecule has 38 heavy (non-hydrogen) atoms. The standard InChI is InChI=1S/C30H39FN2O5/c1-22(2)21-37-26-9-5-24(6-10-26)20-33-27(19-23-3-7-25(31)8-4-23)30(38-29(33)34)12-15-32(16-13-30)14-11-28-35-17-18-36-28/h3-10,22,27-28H,11-21H2,1-2H3. The third-order valence-electron chi connectivity index (χ3n) is 7.78. The first-order chi connectivity index (χ1) is 18.4. The van der Waals surface area contributed by atoms with Crippen molar-refractivity contribution in [3.8, 4) is 5.75 Å². The predicted octanol–water partition coefficient (Wildman–Crippen LogP) is 5.02. The molecule has 0 bridgehead atoms. The molecule has 0 saturated carbocycles. The van der Waals surface area contributed by atoms with E-state index in [-0.39, 0.29) is 24.2 Å². The molecule has 2 aromatic carbocycles. The Kier molecular flexibility index (Phi) is 8.51. The number of likely N-dealkylation sites (tertiary alicyclic amines) is 1.